The Morgan fingerprint density at radius 1 is 1.04 bits per heavy atom. The van der Waals surface area contributed by atoms with Crippen LogP contribution in [0.4, 0.5) is 4.79 Å². The molecule has 1 saturated heterocycles. The number of aromatic nitrogens is 1. The number of nitrogens with zero attached hydrogens (tertiary/aromatic N) is 1. The van der Waals surface area contributed by atoms with E-state index in [0.717, 1.165) is 34.8 Å². The number of imide groups is 1. The normalized spacial score (nSPS) is 16.2. The van der Waals surface area contributed by atoms with Gasteiger partial charge >= 0.3 is 0 Å². The van der Waals surface area contributed by atoms with Gasteiger partial charge in [0.25, 0.3) is 11.1 Å². The lowest BCUT2D eigenvalue weighted by atomic mass is 9.87. The van der Waals surface area contributed by atoms with Gasteiger partial charge in [-0.15, -0.1) is 0 Å². The Morgan fingerprint density at radius 3 is 2.39 bits per heavy atom. The number of hydrogen-bond acceptors (Lipinski definition) is 3. The van der Waals surface area contributed by atoms with Crippen molar-refractivity contribution < 1.29 is 9.59 Å². The molecular weight excluding hydrogens is 368 g/mol. The Hall–Kier alpha value is -2.79. The zero-order valence-corrected chi connectivity index (χ0v) is 17.0. The first-order valence-electron chi connectivity index (χ1n) is 9.23. The van der Waals surface area contributed by atoms with E-state index in [4.69, 9.17) is 0 Å². The average molecular weight is 391 g/mol. The van der Waals surface area contributed by atoms with E-state index in [2.05, 4.69) is 61.0 Å². The monoisotopic (exact) mass is 390 g/mol. The lowest BCUT2D eigenvalue weighted by Crippen LogP contribution is -2.17. The van der Waals surface area contributed by atoms with Gasteiger partial charge in [0.2, 0.25) is 0 Å². The predicted molar refractivity (Wildman–Crippen MR) is 115 cm³/mol. The summed E-state index contributed by atoms with van der Waals surface area (Å²) in [6.45, 7) is 7.38. The molecule has 0 unspecified atom stereocenters. The van der Waals surface area contributed by atoms with Crippen LogP contribution in [0.2, 0.25) is 0 Å². The number of benzene rings is 2. The van der Waals surface area contributed by atoms with Gasteiger partial charge < -0.3 is 4.57 Å². The molecule has 1 aliphatic heterocycles. The van der Waals surface area contributed by atoms with Crippen LogP contribution in [0.1, 0.15) is 37.5 Å². The SMILES string of the molecule is CC(C)(C)c1ccc(Cn2cc(/C=C3\SC(=O)NC3=O)c3ccccc32)cc1. The van der Waals surface area contributed by atoms with Crippen LogP contribution in [0.3, 0.4) is 0 Å². The van der Waals surface area contributed by atoms with Crippen molar-refractivity contribution in [3.63, 3.8) is 0 Å². The van der Waals surface area contributed by atoms with Crippen LogP contribution in [0, 0.1) is 0 Å². The minimum absolute atomic E-state index is 0.134. The van der Waals surface area contributed by atoms with Crippen LogP contribution in [0.15, 0.2) is 59.6 Å². The summed E-state index contributed by atoms with van der Waals surface area (Å²) < 4.78 is 2.19. The second-order valence-electron chi connectivity index (χ2n) is 8.03. The van der Waals surface area contributed by atoms with E-state index in [0.29, 0.717) is 4.91 Å². The summed E-state index contributed by atoms with van der Waals surface area (Å²) in [6, 6.07) is 16.8. The molecule has 1 N–H and O–H groups in total. The van der Waals surface area contributed by atoms with Gasteiger partial charge in [0.15, 0.2) is 0 Å². The fourth-order valence-corrected chi connectivity index (χ4v) is 4.06. The molecule has 4 nitrogen and oxygen atoms in total. The maximum absolute atomic E-state index is 11.9. The van der Waals surface area contributed by atoms with E-state index >= 15 is 0 Å². The molecule has 0 bridgehead atoms. The zero-order valence-electron chi connectivity index (χ0n) is 16.2. The molecule has 0 aliphatic carbocycles. The fourth-order valence-electron chi connectivity index (χ4n) is 3.39. The van der Waals surface area contributed by atoms with Gasteiger partial charge in [-0.25, -0.2) is 0 Å². The number of amides is 2. The third-order valence-electron chi connectivity index (χ3n) is 4.92. The average Bonchev–Trinajstić information content (AvgIpc) is 3.15. The van der Waals surface area contributed by atoms with Crippen LogP contribution in [-0.4, -0.2) is 15.7 Å². The van der Waals surface area contributed by atoms with E-state index in [1.807, 2.05) is 24.4 Å². The summed E-state index contributed by atoms with van der Waals surface area (Å²) in [6.07, 6.45) is 3.85. The van der Waals surface area contributed by atoms with Crippen LogP contribution in [0.5, 0.6) is 0 Å². The minimum Gasteiger partial charge on any atom is -0.342 e. The topological polar surface area (TPSA) is 51.1 Å². The number of carbonyl (C=O) groups excluding carboxylic acids is 2. The first-order chi connectivity index (χ1) is 13.3. The number of hydrogen-bond donors (Lipinski definition) is 1. The number of para-hydroxylation sites is 1. The highest BCUT2D eigenvalue weighted by molar-refractivity contribution is 8.18. The van der Waals surface area contributed by atoms with Crippen molar-refractivity contribution in [1.29, 1.82) is 0 Å². The predicted octanol–water partition coefficient (Wildman–Crippen LogP) is 5.31. The number of carbonyl (C=O) groups is 2. The smallest absolute Gasteiger partial charge is 0.290 e. The Kier molecular flexibility index (Phi) is 4.63. The number of nitrogens with one attached hydrogen (secondary N) is 1. The van der Waals surface area contributed by atoms with Crippen molar-refractivity contribution in [3.8, 4) is 0 Å². The summed E-state index contributed by atoms with van der Waals surface area (Å²) in [7, 11) is 0. The van der Waals surface area contributed by atoms with E-state index < -0.39 is 0 Å². The van der Waals surface area contributed by atoms with Crippen molar-refractivity contribution in [1.82, 2.24) is 9.88 Å². The largest absolute Gasteiger partial charge is 0.342 e. The summed E-state index contributed by atoms with van der Waals surface area (Å²) in [4.78, 5) is 23.8. The third-order valence-corrected chi connectivity index (χ3v) is 5.73. The Labute approximate surface area is 168 Å². The van der Waals surface area contributed by atoms with Crippen LogP contribution >= 0.6 is 11.8 Å². The third kappa shape index (κ3) is 3.62. The molecule has 28 heavy (non-hydrogen) atoms. The molecule has 0 atom stereocenters. The van der Waals surface area contributed by atoms with E-state index in [1.165, 1.54) is 11.1 Å². The van der Waals surface area contributed by atoms with Gasteiger partial charge in [-0.3, -0.25) is 14.9 Å². The fraction of sp³-hybridized carbons (Fsp3) is 0.217. The molecule has 2 aromatic carbocycles. The van der Waals surface area contributed by atoms with Crippen molar-refractivity contribution in [2.24, 2.45) is 0 Å². The van der Waals surface area contributed by atoms with Gasteiger partial charge in [0, 0.05) is 29.2 Å². The van der Waals surface area contributed by atoms with Gasteiger partial charge in [0.1, 0.15) is 0 Å². The molecule has 5 heteroatoms. The highest BCUT2D eigenvalue weighted by Gasteiger charge is 2.25. The molecule has 142 valence electrons. The lowest BCUT2D eigenvalue weighted by Gasteiger charge is -2.19. The summed E-state index contributed by atoms with van der Waals surface area (Å²) in [5, 5.41) is 3.05. The second kappa shape index (κ2) is 6.99. The molecule has 1 fully saturated rings. The molecule has 1 aromatic heterocycles. The summed E-state index contributed by atoms with van der Waals surface area (Å²) in [5.41, 5.74) is 4.71. The zero-order chi connectivity index (χ0) is 19.9. The number of rotatable bonds is 3. The van der Waals surface area contributed by atoms with Crippen molar-refractivity contribution in [2.75, 3.05) is 0 Å². The van der Waals surface area contributed by atoms with E-state index in [9.17, 15) is 9.59 Å². The standard InChI is InChI=1S/C23H22N2O2S/c1-23(2,3)17-10-8-15(9-11-17)13-25-14-16(18-6-4-5-7-19(18)25)12-20-21(26)24-22(27)28-20/h4-12,14H,13H2,1-3H3,(H,24,26,27)/b20-12-. The van der Waals surface area contributed by atoms with Gasteiger partial charge in [-0.05, 0) is 40.4 Å². The molecule has 3 aromatic rings. The number of thioether (sulfide) groups is 1. The maximum atomic E-state index is 11.9. The van der Waals surface area contributed by atoms with Gasteiger partial charge in [0.05, 0.1) is 4.91 Å². The molecule has 0 spiro atoms. The Balaban J connectivity index is 1.70. The minimum atomic E-state index is -0.329. The lowest BCUT2D eigenvalue weighted by molar-refractivity contribution is -0.115. The number of fused-ring (bicyclic) bond motifs is 1. The van der Waals surface area contributed by atoms with Crippen molar-refractivity contribution >= 4 is 39.9 Å². The highest BCUT2D eigenvalue weighted by Crippen LogP contribution is 2.30. The molecule has 0 radical (unpaired) electrons. The summed E-state index contributed by atoms with van der Waals surface area (Å²) >= 11 is 0.946. The molecular formula is C23H22N2O2S. The molecule has 2 amide bonds. The van der Waals surface area contributed by atoms with Crippen LogP contribution in [-0.2, 0) is 16.8 Å². The quantitative estimate of drug-likeness (QED) is 0.617. The molecule has 0 saturated carbocycles. The summed E-state index contributed by atoms with van der Waals surface area (Å²) in [5.74, 6) is -0.329. The van der Waals surface area contributed by atoms with Gasteiger partial charge in [-0.1, -0.05) is 63.2 Å². The Bertz CT molecular complexity index is 1100. The Morgan fingerprint density at radius 2 is 1.75 bits per heavy atom. The highest BCUT2D eigenvalue weighted by atomic mass is 32.2. The van der Waals surface area contributed by atoms with Crippen molar-refractivity contribution in [2.45, 2.75) is 32.7 Å². The van der Waals surface area contributed by atoms with E-state index in [1.54, 1.807) is 6.08 Å². The molecule has 2 heterocycles. The first-order valence-corrected chi connectivity index (χ1v) is 10.0. The van der Waals surface area contributed by atoms with Gasteiger partial charge in [-0.2, -0.15) is 0 Å². The maximum Gasteiger partial charge on any atom is 0.290 e. The van der Waals surface area contributed by atoms with Crippen LogP contribution < -0.4 is 5.32 Å². The first kappa shape index (κ1) is 18.6. The molecule has 4 rings (SSSR count). The van der Waals surface area contributed by atoms with E-state index in [-0.39, 0.29) is 16.6 Å². The van der Waals surface area contributed by atoms with Crippen LogP contribution in [0.25, 0.3) is 17.0 Å². The molecule has 1 aliphatic rings. The second-order valence-corrected chi connectivity index (χ2v) is 9.04. The van der Waals surface area contributed by atoms with Crippen molar-refractivity contribution in [3.05, 3.63) is 76.3 Å².